The Balaban J connectivity index is 2.27. The molecule has 1 aliphatic rings. The maximum Gasteiger partial charge on any atom is 0.302 e. The normalized spacial score (nSPS) is 17.8. The summed E-state index contributed by atoms with van der Waals surface area (Å²) in [5, 5.41) is 10.3. The molecule has 1 aromatic rings. The van der Waals surface area contributed by atoms with Crippen LogP contribution >= 0.6 is 0 Å². The minimum absolute atomic E-state index is 0.0587. The van der Waals surface area contributed by atoms with Crippen molar-refractivity contribution in [1.82, 2.24) is 4.98 Å². The standard InChI is InChI=1S/C19H21NO6/c1-12(21)25-10-8-18(26-13(2)22)15-6-7-17(23)19(24)16(15)11-14-5-3-4-9-20-14/h3-7,9,15,18,24H,8,10-11H2,1-2H3. The van der Waals surface area contributed by atoms with Crippen molar-refractivity contribution in [2.75, 3.05) is 6.61 Å². The molecule has 0 saturated carbocycles. The topological polar surface area (TPSA) is 103 Å². The Hall–Kier alpha value is -2.96. The molecule has 1 aliphatic carbocycles. The van der Waals surface area contributed by atoms with Crippen LogP contribution in [0.2, 0.25) is 0 Å². The second-order valence-electron chi connectivity index (χ2n) is 5.90. The average Bonchev–Trinajstić information content (AvgIpc) is 2.59. The van der Waals surface area contributed by atoms with Gasteiger partial charge in [-0.1, -0.05) is 12.1 Å². The quantitative estimate of drug-likeness (QED) is 0.743. The van der Waals surface area contributed by atoms with Crippen molar-refractivity contribution in [1.29, 1.82) is 0 Å². The van der Waals surface area contributed by atoms with Crippen LogP contribution in [0.1, 0.15) is 26.0 Å². The lowest BCUT2D eigenvalue weighted by atomic mass is 9.83. The minimum Gasteiger partial charge on any atom is -0.504 e. The maximum absolute atomic E-state index is 11.9. The first-order chi connectivity index (χ1) is 12.4. The zero-order valence-corrected chi connectivity index (χ0v) is 14.7. The average molecular weight is 359 g/mol. The van der Waals surface area contributed by atoms with Gasteiger partial charge < -0.3 is 14.6 Å². The molecule has 0 radical (unpaired) electrons. The lowest BCUT2D eigenvalue weighted by molar-refractivity contribution is -0.150. The summed E-state index contributed by atoms with van der Waals surface area (Å²) in [6.07, 6.45) is 4.26. The maximum atomic E-state index is 11.9. The smallest absolute Gasteiger partial charge is 0.302 e. The Morgan fingerprint density at radius 2 is 2.04 bits per heavy atom. The number of aromatic nitrogens is 1. The van der Waals surface area contributed by atoms with Crippen LogP contribution in [-0.4, -0.2) is 40.5 Å². The summed E-state index contributed by atoms with van der Waals surface area (Å²) in [6.45, 7) is 2.62. The number of esters is 2. The van der Waals surface area contributed by atoms with Crippen molar-refractivity contribution in [3.63, 3.8) is 0 Å². The van der Waals surface area contributed by atoms with E-state index in [1.165, 1.54) is 19.9 Å². The third-order valence-electron chi connectivity index (χ3n) is 3.92. The zero-order chi connectivity index (χ0) is 19.1. The minimum atomic E-state index is -0.683. The van der Waals surface area contributed by atoms with Gasteiger partial charge in [0.25, 0.3) is 0 Å². The molecular formula is C19H21NO6. The number of pyridine rings is 1. The molecule has 0 amide bonds. The Morgan fingerprint density at radius 3 is 2.65 bits per heavy atom. The molecule has 1 N–H and O–H groups in total. The van der Waals surface area contributed by atoms with E-state index < -0.39 is 29.7 Å². The second kappa shape index (κ2) is 8.94. The van der Waals surface area contributed by atoms with Crippen LogP contribution < -0.4 is 0 Å². The van der Waals surface area contributed by atoms with E-state index in [0.29, 0.717) is 11.3 Å². The summed E-state index contributed by atoms with van der Waals surface area (Å²) in [4.78, 5) is 38.6. The predicted molar refractivity (Wildman–Crippen MR) is 92.0 cm³/mol. The van der Waals surface area contributed by atoms with Crippen LogP contribution in [0.5, 0.6) is 0 Å². The van der Waals surface area contributed by atoms with Gasteiger partial charge in [0, 0.05) is 44.5 Å². The highest BCUT2D eigenvalue weighted by molar-refractivity contribution is 6.03. The fourth-order valence-corrected chi connectivity index (χ4v) is 2.79. The summed E-state index contributed by atoms with van der Waals surface area (Å²) in [5.74, 6) is -2.33. The van der Waals surface area contributed by atoms with E-state index in [1.54, 1.807) is 30.5 Å². The molecule has 7 nitrogen and oxygen atoms in total. The first-order valence-corrected chi connectivity index (χ1v) is 8.23. The number of nitrogens with zero attached hydrogens (tertiary/aromatic N) is 1. The van der Waals surface area contributed by atoms with Gasteiger partial charge in [-0.15, -0.1) is 0 Å². The summed E-state index contributed by atoms with van der Waals surface area (Å²) < 4.78 is 10.3. The van der Waals surface area contributed by atoms with Gasteiger partial charge in [0.2, 0.25) is 5.78 Å². The fraction of sp³-hybridized carbons (Fsp3) is 0.368. The number of ketones is 1. The molecular weight excluding hydrogens is 338 g/mol. The third-order valence-corrected chi connectivity index (χ3v) is 3.92. The molecule has 1 heterocycles. The third kappa shape index (κ3) is 5.27. The molecule has 0 aromatic carbocycles. The van der Waals surface area contributed by atoms with Crippen molar-refractivity contribution < 1.29 is 29.0 Å². The summed E-state index contributed by atoms with van der Waals surface area (Å²) in [5.41, 5.74) is 1.09. The van der Waals surface area contributed by atoms with Crippen LogP contribution in [0.4, 0.5) is 0 Å². The van der Waals surface area contributed by atoms with Gasteiger partial charge in [0.1, 0.15) is 6.10 Å². The van der Waals surface area contributed by atoms with Gasteiger partial charge in [0.05, 0.1) is 6.61 Å². The highest BCUT2D eigenvalue weighted by atomic mass is 16.6. The summed E-state index contributed by atoms with van der Waals surface area (Å²) >= 11 is 0. The highest BCUT2D eigenvalue weighted by Gasteiger charge is 2.32. The second-order valence-corrected chi connectivity index (χ2v) is 5.90. The molecule has 2 rings (SSSR count). The molecule has 0 fully saturated rings. The van der Waals surface area contributed by atoms with E-state index in [2.05, 4.69) is 4.98 Å². The highest BCUT2D eigenvalue weighted by Crippen LogP contribution is 2.30. The first kappa shape index (κ1) is 19.4. The van der Waals surface area contributed by atoms with Crippen LogP contribution in [0.3, 0.4) is 0 Å². The van der Waals surface area contributed by atoms with E-state index in [1.807, 2.05) is 0 Å². The summed E-state index contributed by atoms with van der Waals surface area (Å²) in [7, 11) is 0. The molecule has 0 bridgehead atoms. The molecule has 26 heavy (non-hydrogen) atoms. The predicted octanol–water partition coefficient (Wildman–Crippen LogP) is 2.08. The van der Waals surface area contributed by atoms with Gasteiger partial charge in [-0.25, -0.2) is 0 Å². The first-order valence-electron chi connectivity index (χ1n) is 8.23. The molecule has 2 atom stereocenters. The van der Waals surface area contributed by atoms with Gasteiger partial charge >= 0.3 is 11.9 Å². The number of ether oxygens (including phenoxy) is 2. The van der Waals surface area contributed by atoms with Crippen molar-refractivity contribution in [3.8, 4) is 0 Å². The van der Waals surface area contributed by atoms with Crippen LogP contribution in [0.15, 0.2) is 47.9 Å². The molecule has 0 aliphatic heterocycles. The largest absolute Gasteiger partial charge is 0.504 e. The number of allylic oxidation sites excluding steroid dienone is 1. The van der Waals surface area contributed by atoms with Crippen LogP contribution in [0.25, 0.3) is 0 Å². The van der Waals surface area contributed by atoms with Crippen molar-refractivity contribution in [2.45, 2.75) is 32.8 Å². The molecule has 7 heteroatoms. The monoisotopic (exact) mass is 359 g/mol. The van der Waals surface area contributed by atoms with Crippen molar-refractivity contribution in [3.05, 3.63) is 53.6 Å². The molecule has 1 aromatic heterocycles. The number of carbonyl (C=O) groups is 3. The Bertz CT molecular complexity index is 738. The Labute approximate surface area is 151 Å². The molecule has 0 saturated heterocycles. The number of hydrogen-bond donors (Lipinski definition) is 1. The lowest BCUT2D eigenvalue weighted by Crippen LogP contribution is -2.32. The van der Waals surface area contributed by atoms with E-state index in [-0.39, 0.29) is 25.2 Å². The van der Waals surface area contributed by atoms with E-state index in [9.17, 15) is 19.5 Å². The van der Waals surface area contributed by atoms with Crippen LogP contribution in [-0.2, 0) is 30.3 Å². The van der Waals surface area contributed by atoms with Crippen molar-refractivity contribution >= 4 is 17.7 Å². The number of aliphatic hydroxyl groups is 1. The molecule has 138 valence electrons. The van der Waals surface area contributed by atoms with Gasteiger partial charge in [-0.05, 0) is 23.8 Å². The SMILES string of the molecule is CC(=O)OCCC(OC(C)=O)C1C=CC(=O)C(O)=C1Cc1ccccn1. The molecule has 2 unspecified atom stereocenters. The van der Waals surface area contributed by atoms with E-state index in [0.717, 1.165) is 0 Å². The summed E-state index contributed by atoms with van der Waals surface area (Å²) in [6, 6.07) is 5.35. The molecule has 0 spiro atoms. The van der Waals surface area contributed by atoms with Crippen LogP contribution in [0, 0.1) is 5.92 Å². The zero-order valence-electron chi connectivity index (χ0n) is 14.7. The van der Waals surface area contributed by atoms with E-state index in [4.69, 9.17) is 9.47 Å². The van der Waals surface area contributed by atoms with Crippen molar-refractivity contribution in [2.24, 2.45) is 5.92 Å². The fourth-order valence-electron chi connectivity index (χ4n) is 2.79. The number of hydrogen-bond acceptors (Lipinski definition) is 7. The Morgan fingerprint density at radius 1 is 1.27 bits per heavy atom. The Kier molecular flexibility index (Phi) is 6.66. The van der Waals surface area contributed by atoms with E-state index >= 15 is 0 Å². The van der Waals surface area contributed by atoms with Gasteiger partial charge in [0.15, 0.2) is 5.76 Å². The van der Waals surface area contributed by atoms with Gasteiger partial charge in [-0.3, -0.25) is 19.4 Å². The number of carbonyl (C=O) groups excluding carboxylic acids is 3. The lowest BCUT2D eigenvalue weighted by Gasteiger charge is -2.28. The number of rotatable bonds is 7. The van der Waals surface area contributed by atoms with Gasteiger partial charge in [-0.2, -0.15) is 0 Å². The number of aliphatic hydroxyl groups excluding tert-OH is 1.